The van der Waals surface area contributed by atoms with Gasteiger partial charge in [-0.1, -0.05) is 6.07 Å². The molecule has 0 spiro atoms. The predicted octanol–water partition coefficient (Wildman–Crippen LogP) is 1.73. The average Bonchev–Trinajstić information content (AvgIpc) is 2.60. The molecule has 1 aromatic heterocycles. The number of benzene rings is 1. The van der Waals surface area contributed by atoms with E-state index in [2.05, 4.69) is 19.9 Å². The lowest BCUT2D eigenvalue weighted by molar-refractivity contribution is 0.243. The van der Waals surface area contributed by atoms with Gasteiger partial charge in [0.15, 0.2) is 17.3 Å². The summed E-state index contributed by atoms with van der Waals surface area (Å²) in [5, 5.41) is 0. The Morgan fingerprint density at radius 2 is 1.72 bits per heavy atom. The van der Waals surface area contributed by atoms with E-state index < -0.39 is 0 Å². The van der Waals surface area contributed by atoms with E-state index in [9.17, 15) is 0 Å². The van der Waals surface area contributed by atoms with E-state index in [0.29, 0.717) is 29.8 Å². The fourth-order valence-corrected chi connectivity index (χ4v) is 2.39. The van der Waals surface area contributed by atoms with Gasteiger partial charge in [0.1, 0.15) is 0 Å². The van der Waals surface area contributed by atoms with Crippen LogP contribution in [-0.4, -0.2) is 55.2 Å². The molecule has 0 bridgehead atoms. The molecule has 0 saturated carbocycles. The van der Waals surface area contributed by atoms with Crippen molar-refractivity contribution in [1.29, 1.82) is 0 Å². The number of nitrogens with zero attached hydrogens (tertiary/aromatic N) is 5. The van der Waals surface area contributed by atoms with Crippen molar-refractivity contribution in [3.63, 3.8) is 0 Å². The summed E-state index contributed by atoms with van der Waals surface area (Å²) in [5.41, 5.74) is 6.92. The summed E-state index contributed by atoms with van der Waals surface area (Å²) < 4.78 is 10.6. The highest BCUT2D eigenvalue weighted by Crippen LogP contribution is 2.29. The van der Waals surface area contributed by atoms with Gasteiger partial charge in [-0.3, -0.25) is 4.90 Å². The van der Waals surface area contributed by atoms with Crippen LogP contribution in [0.5, 0.6) is 11.5 Å². The molecule has 1 heterocycles. The van der Waals surface area contributed by atoms with Crippen molar-refractivity contribution in [3.05, 3.63) is 29.6 Å². The van der Waals surface area contributed by atoms with Crippen LogP contribution in [0.25, 0.3) is 0 Å². The van der Waals surface area contributed by atoms with E-state index in [1.54, 1.807) is 14.2 Å². The van der Waals surface area contributed by atoms with Gasteiger partial charge in [0.25, 0.3) is 0 Å². The van der Waals surface area contributed by atoms with Gasteiger partial charge in [-0.25, -0.2) is 0 Å². The quantitative estimate of drug-likeness (QED) is 0.811. The van der Waals surface area contributed by atoms with Crippen LogP contribution >= 0.6 is 0 Å². The highest BCUT2D eigenvalue weighted by atomic mass is 16.5. The molecule has 2 N–H and O–H groups in total. The fourth-order valence-electron chi connectivity index (χ4n) is 2.39. The maximum Gasteiger partial charge on any atom is 0.229 e. The third-order valence-electron chi connectivity index (χ3n) is 3.97. The molecule has 0 radical (unpaired) electrons. The zero-order valence-corrected chi connectivity index (χ0v) is 15.6. The van der Waals surface area contributed by atoms with Crippen LogP contribution in [0.1, 0.15) is 24.4 Å². The third kappa shape index (κ3) is 4.48. The molecule has 0 aliphatic carbocycles. The maximum absolute atomic E-state index is 5.82. The Labute approximate surface area is 148 Å². The van der Waals surface area contributed by atoms with Crippen LogP contribution in [0.15, 0.2) is 18.2 Å². The zero-order chi connectivity index (χ0) is 18.6. The predicted molar refractivity (Wildman–Crippen MR) is 98.0 cm³/mol. The van der Waals surface area contributed by atoms with Crippen LogP contribution < -0.4 is 20.1 Å². The number of nitrogens with two attached hydrogens (primary N) is 1. The Morgan fingerprint density at radius 3 is 2.32 bits per heavy atom. The number of anilines is 2. The molecule has 2 rings (SSSR count). The van der Waals surface area contributed by atoms with Crippen LogP contribution in [-0.2, 0) is 6.54 Å². The second-order valence-electron chi connectivity index (χ2n) is 6.03. The minimum Gasteiger partial charge on any atom is -0.493 e. The van der Waals surface area contributed by atoms with Gasteiger partial charge in [0.2, 0.25) is 11.9 Å². The first-order chi connectivity index (χ1) is 11.8. The summed E-state index contributed by atoms with van der Waals surface area (Å²) in [7, 11) is 9.01. The zero-order valence-electron chi connectivity index (χ0n) is 15.6. The molecule has 0 unspecified atom stereocenters. The summed E-state index contributed by atoms with van der Waals surface area (Å²) in [6.45, 7) is 2.74. The Hall–Kier alpha value is -2.61. The standard InChI is InChI=1S/C17H26N6O2/c1-11(15-19-16(18)21-17(20-15)22(2)3)23(4)10-12-7-8-13(24-5)14(9-12)25-6/h7-9,11H,10H2,1-6H3,(H2,18,19,20,21)/t11-/m1/s1. The summed E-state index contributed by atoms with van der Waals surface area (Å²) in [6.07, 6.45) is 0. The van der Waals surface area contributed by atoms with Gasteiger partial charge in [0.05, 0.1) is 20.3 Å². The molecule has 136 valence electrons. The highest BCUT2D eigenvalue weighted by Gasteiger charge is 2.18. The van der Waals surface area contributed by atoms with E-state index in [4.69, 9.17) is 15.2 Å². The van der Waals surface area contributed by atoms with Crippen molar-refractivity contribution in [2.75, 3.05) is 46.0 Å². The second-order valence-corrected chi connectivity index (χ2v) is 6.03. The van der Waals surface area contributed by atoms with Crippen molar-refractivity contribution < 1.29 is 9.47 Å². The van der Waals surface area contributed by atoms with Crippen molar-refractivity contribution in [3.8, 4) is 11.5 Å². The molecule has 1 aromatic carbocycles. The average molecular weight is 346 g/mol. The molecular formula is C17H26N6O2. The number of methoxy groups -OCH3 is 2. The van der Waals surface area contributed by atoms with Gasteiger partial charge >= 0.3 is 0 Å². The maximum atomic E-state index is 5.82. The third-order valence-corrected chi connectivity index (χ3v) is 3.97. The van der Waals surface area contributed by atoms with Crippen LogP contribution in [0, 0.1) is 0 Å². The molecule has 0 fully saturated rings. The molecule has 1 atom stereocenters. The minimum atomic E-state index is -0.0305. The number of aromatic nitrogens is 3. The van der Waals surface area contributed by atoms with Crippen molar-refractivity contribution in [2.24, 2.45) is 0 Å². The largest absolute Gasteiger partial charge is 0.493 e. The fraction of sp³-hybridized carbons (Fsp3) is 0.471. The van der Waals surface area contributed by atoms with Crippen molar-refractivity contribution >= 4 is 11.9 Å². The Bertz CT molecular complexity index is 722. The van der Waals surface area contributed by atoms with Gasteiger partial charge in [-0.05, 0) is 31.7 Å². The van der Waals surface area contributed by atoms with E-state index in [1.807, 2.05) is 51.2 Å². The topological polar surface area (TPSA) is 89.6 Å². The molecule has 0 aliphatic rings. The van der Waals surface area contributed by atoms with E-state index in [-0.39, 0.29) is 12.0 Å². The number of hydrogen-bond donors (Lipinski definition) is 1. The number of ether oxygens (including phenoxy) is 2. The van der Waals surface area contributed by atoms with Gasteiger partial charge in [0, 0.05) is 20.6 Å². The van der Waals surface area contributed by atoms with Gasteiger partial charge in [-0.15, -0.1) is 0 Å². The number of nitrogen functional groups attached to an aromatic ring is 1. The summed E-state index contributed by atoms with van der Waals surface area (Å²) in [4.78, 5) is 16.9. The Kier molecular flexibility index (Phi) is 5.97. The highest BCUT2D eigenvalue weighted by molar-refractivity contribution is 5.43. The normalized spacial score (nSPS) is 12.1. The molecule has 2 aromatic rings. The summed E-state index contributed by atoms with van der Waals surface area (Å²) in [5.74, 6) is 2.83. The number of hydrogen-bond acceptors (Lipinski definition) is 8. The number of rotatable bonds is 7. The molecule has 8 nitrogen and oxygen atoms in total. The molecular weight excluding hydrogens is 320 g/mol. The lowest BCUT2D eigenvalue weighted by Crippen LogP contribution is -2.25. The summed E-state index contributed by atoms with van der Waals surface area (Å²) in [6, 6.07) is 5.85. The van der Waals surface area contributed by atoms with E-state index in [0.717, 1.165) is 5.56 Å². The first-order valence-corrected chi connectivity index (χ1v) is 7.95. The molecule has 0 aliphatic heterocycles. The monoisotopic (exact) mass is 346 g/mol. The first kappa shape index (κ1) is 18.7. The van der Waals surface area contributed by atoms with Crippen molar-refractivity contribution in [2.45, 2.75) is 19.5 Å². The van der Waals surface area contributed by atoms with Crippen LogP contribution in [0.3, 0.4) is 0 Å². The van der Waals surface area contributed by atoms with E-state index >= 15 is 0 Å². The SMILES string of the molecule is COc1ccc(CN(C)[C@H](C)c2nc(N)nc(N(C)C)n2)cc1OC. The van der Waals surface area contributed by atoms with Gasteiger partial charge < -0.3 is 20.1 Å². The smallest absolute Gasteiger partial charge is 0.229 e. The molecule has 8 heteroatoms. The lowest BCUT2D eigenvalue weighted by atomic mass is 10.1. The lowest BCUT2D eigenvalue weighted by Gasteiger charge is -2.24. The van der Waals surface area contributed by atoms with Crippen LogP contribution in [0.2, 0.25) is 0 Å². The molecule has 0 saturated heterocycles. The van der Waals surface area contributed by atoms with E-state index in [1.165, 1.54) is 0 Å². The minimum absolute atomic E-state index is 0.0305. The molecule has 0 amide bonds. The summed E-state index contributed by atoms with van der Waals surface area (Å²) >= 11 is 0. The Balaban J connectivity index is 2.19. The second kappa shape index (κ2) is 7.98. The van der Waals surface area contributed by atoms with Crippen molar-refractivity contribution in [1.82, 2.24) is 19.9 Å². The van der Waals surface area contributed by atoms with Gasteiger partial charge in [-0.2, -0.15) is 15.0 Å². The van der Waals surface area contributed by atoms with Crippen LogP contribution in [0.4, 0.5) is 11.9 Å². The first-order valence-electron chi connectivity index (χ1n) is 7.95. The molecule has 25 heavy (non-hydrogen) atoms. The Morgan fingerprint density at radius 1 is 1.04 bits per heavy atom.